The summed E-state index contributed by atoms with van der Waals surface area (Å²) in [6.07, 6.45) is 0.842. The van der Waals surface area contributed by atoms with Gasteiger partial charge in [0.05, 0.1) is 0 Å². The molecule has 0 radical (unpaired) electrons. The SMILES string of the molecule is Cc1c(S)cccc1C=O. The van der Waals surface area contributed by atoms with Gasteiger partial charge in [-0.05, 0) is 18.6 Å². The zero-order valence-corrected chi connectivity index (χ0v) is 6.56. The highest BCUT2D eigenvalue weighted by molar-refractivity contribution is 7.80. The average Bonchev–Trinajstić information content (AvgIpc) is 1.95. The van der Waals surface area contributed by atoms with Gasteiger partial charge in [-0.15, -0.1) is 12.6 Å². The summed E-state index contributed by atoms with van der Waals surface area (Å²) in [5.41, 5.74) is 1.66. The zero-order valence-electron chi connectivity index (χ0n) is 5.66. The maximum Gasteiger partial charge on any atom is 0.150 e. The summed E-state index contributed by atoms with van der Waals surface area (Å²) in [6, 6.07) is 5.46. The maximum atomic E-state index is 10.3. The van der Waals surface area contributed by atoms with Crippen LogP contribution < -0.4 is 0 Å². The van der Waals surface area contributed by atoms with E-state index in [0.29, 0.717) is 5.56 Å². The Kier molecular flexibility index (Phi) is 2.12. The van der Waals surface area contributed by atoms with Crippen molar-refractivity contribution in [2.24, 2.45) is 0 Å². The number of aldehydes is 1. The van der Waals surface area contributed by atoms with E-state index in [1.807, 2.05) is 19.1 Å². The molecule has 0 saturated carbocycles. The van der Waals surface area contributed by atoms with Crippen LogP contribution in [0.5, 0.6) is 0 Å². The predicted molar refractivity (Wildman–Crippen MR) is 43.8 cm³/mol. The lowest BCUT2D eigenvalue weighted by atomic mass is 10.1. The highest BCUT2D eigenvalue weighted by Crippen LogP contribution is 2.14. The highest BCUT2D eigenvalue weighted by atomic mass is 32.1. The van der Waals surface area contributed by atoms with E-state index >= 15 is 0 Å². The molecule has 0 spiro atoms. The van der Waals surface area contributed by atoms with Gasteiger partial charge in [-0.25, -0.2) is 0 Å². The Morgan fingerprint density at radius 1 is 1.50 bits per heavy atom. The van der Waals surface area contributed by atoms with Crippen LogP contribution in [0, 0.1) is 6.92 Å². The molecule has 0 aliphatic carbocycles. The Bertz CT molecular complexity index is 255. The van der Waals surface area contributed by atoms with E-state index in [1.54, 1.807) is 6.07 Å². The monoisotopic (exact) mass is 152 g/mol. The molecule has 0 aliphatic rings. The average molecular weight is 152 g/mol. The Hall–Kier alpha value is -0.760. The van der Waals surface area contributed by atoms with Crippen LogP contribution in [-0.4, -0.2) is 6.29 Å². The molecule has 0 saturated heterocycles. The first-order valence-corrected chi connectivity index (χ1v) is 3.44. The third-order valence-electron chi connectivity index (χ3n) is 1.47. The molecule has 0 heterocycles. The van der Waals surface area contributed by atoms with Crippen molar-refractivity contribution in [1.82, 2.24) is 0 Å². The molecular weight excluding hydrogens is 144 g/mol. The van der Waals surface area contributed by atoms with E-state index in [4.69, 9.17) is 0 Å². The van der Waals surface area contributed by atoms with Crippen molar-refractivity contribution < 1.29 is 4.79 Å². The van der Waals surface area contributed by atoms with E-state index in [0.717, 1.165) is 16.7 Å². The van der Waals surface area contributed by atoms with Gasteiger partial charge in [-0.2, -0.15) is 0 Å². The standard InChI is InChI=1S/C8H8OS/c1-6-7(5-9)3-2-4-8(6)10/h2-5,10H,1H3. The number of carbonyl (C=O) groups is 1. The maximum absolute atomic E-state index is 10.3. The Morgan fingerprint density at radius 3 is 2.70 bits per heavy atom. The first kappa shape index (κ1) is 7.35. The van der Waals surface area contributed by atoms with Gasteiger partial charge in [0.1, 0.15) is 6.29 Å². The molecule has 1 aromatic rings. The van der Waals surface area contributed by atoms with Crippen molar-refractivity contribution in [3.63, 3.8) is 0 Å². The van der Waals surface area contributed by atoms with E-state index in [1.165, 1.54) is 0 Å². The lowest BCUT2D eigenvalue weighted by molar-refractivity contribution is 0.112. The molecule has 0 fully saturated rings. The van der Waals surface area contributed by atoms with Crippen molar-refractivity contribution in [2.75, 3.05) is 0 Å². The predicted octanol–water partition coefficient (Wildman–Crippen LogP) is 2.10. The summed E-state index contributed by atoms with van der Waals surface area (Å²) < 4.78 is 0. The van der Waals surface area contributed by atoms with Crippen molar-refractivity contribution >= 4 is 18.9 Å². The number of benzene rings is 1. The molecule has 0 amide bonds. The Labute approximate surface area is 65.5 Å². The third-order valence-corrected chi connectivity index (χ3v) is 1.96. The van der Waals surface area contributed by atoms with E-state index in [-0.39, 0.29) is 0 Å². The third kappa shape index (κ3) is 1.21. The summed E-state index contributed by atoms with van der Waals surface area (Å²) in [5.74, 6) is 0. The number of rotatable bonds is 1. The van der Waals surface area contributed by atoms with Crippen LogP contribution in [0.3, 0.4) is 0 Å². The quantitative estimate of drug-likeness (QED) is 0.481. The van der Waals surface area contributed by atoms with E-state index < -0.39 is 0 Å². The second kappa shape index (κ2) is 2.88. The number of carbonyl (C=O) groups excluding carboxylic acids is 1. The Morgan fingerprint density at radius 2 is 2.20 bits per heavy atom. The van der Waals surface area contributed by atoms with Crippen LogP contribution >= 0.6 is 12.6 Å². The lowest BCUT2D eigenvalue weighted by Gasteiger charge is -1.99. The summed E-state index contributed by atoms with van der Waals surface area (Å²) in [6.45, 7) is 1.88. The first-order chi connectivity index (χ1) is 4.75. The van der Waals surface area contributed by atoms with Crippen molar-refractivity contribution in [3.05, 3.63) is 29.3 Å². The normalized spacial score (nSPS) is 9.40. The van der Waals surface area contributed by atoms with Gasteiger partial charge in [0.25, 0.3) is 0 Å². The van der Waals surface area contributed by atoms with Gasteiger partial charge >= 0.3 is 0 Å². The second-order valence-corrected chi connectivity index (χ2v) is 2.59. The summed E-state index contributed by atoms with van der Waals surface area (Å²) in [4.78, 5) is 11.2. The van der Waals surface area contributed by atoms with Crippen molar-refractivity contribution in [1.29, 1.82) is 0 Å². The summed E-state index contributed by atoms with van der Waals surface area (Å²) in [5, 5.41) is 0. The van der Waals surface area contributed by atoms with Gasteiger partial charge in [-0.3, -0.25) is 4.79 Å². The van der Waals surface area contributed by atoms with Gasteiger partial charge < -0.3 is 0 Å². The van der Waals surface area contributed by atoms with Crippen LogP contribution in [-0.2, 0) is 0 Å². The molecule has 1 nitrogen and oxygen atoms in total. The van der Waals surface area contributed by atoms with Gasteiger partial charge in [0, 0.05) is 10.5 Å². The van der Waals surface area contributed by atoms with Crippen LogP contribution in [0.4, 0.5) is 0 Å². The van der Waals surface area contributed by atoms with E-state index in [2.05, 4.69) is 12.6 Å². The fraction of sp³-hybridized carbons (Fsp3) is 0.125. The molecule has 52 valence electrons. The lowest BCUT2D eigenvalue weighted by Crippen LogP contribution is -1.85. The van der Waals surface area contributed by atoms with Crippen LogP contribution in [0.2, 0.25) is 0 Å². The highest BCUT2D eigenvalue weighted by Gasteiger charge is 1.97. The summed E-state index contributed by atoms with van der Waals surface area (Å²) >= 11 is 4.16. The molecule has 0 aliphatic heterocycles. The van der Waals surface area contributed by atoms with Crippen LogP contribution in [0.15, 0.2) is 23.1 Å². The van der Waals surface area contributed by atoms with Crippen molar-refractivity contribution in [3.8, 4) is 0 Å². The largest absolute Gasteiger partial charge is 0.298 e. The van der Waals surface area contributed by atoms with Gasteiger partial charge in [0.2, 0.25) is 0 Å². The van der Waals surface area contributed by atoms with Crippen LogP contribution in [0.25, 0.3) is 0 Å². The number of thiol groups is 1. The topological polar surface area (TPSA) is 17.1 Å². The molecule has 0 aromatic heterocycles. The summed E-state index contributed by atoms with van der Waals surface area (Å²) in [7, 11) is 0. The minimum atomic E-state index is 0.715. The fourth-order valence-electron chi connectivity index (χ4n) is 0.768. The smallest absolute Gasteiger partial charge is 0.150 e. The van der Waals surface area contributed by atoms with Crippen LogP contribution in [0.1, 0.15) is 15.9 Å². The molecule has 0 unspecified atom stereocenters. The first-order valence-electron chi connectivity index (χ1n) is 2.99. The molecule has 0 bridgehead atoms. The van der Waals surface area contributed by atoms with E-state index in [9.17, 15) is 4.79 Å². The van der Waals surface area contributed by atoms with Gasteiger partial charge in [0.15, 0.2) is 0 Å². The van der Waals surface area contributed by atoms with Crippen molar-refractivity contribution in [2.45, 2.75) is 11.8 Å². The Balaban J connectivity index is 3.27. The second-order valence-electron chi connectivity index (χ2n) is 2.11. The zero-order chi connectivity index (χ0) is 7.56. The van der Waals surface area contributed by atoms with Gasteiger partial charge in [-0.1, -0.05) is 12.1 Å². The molecule has 1 rings (SSSR count). The number of hydrogen-bond acceptors (Lipinski definition) is 2. The molecule has 10 heavy (non-hydrogen) atoms. The molecule has 0 N–H and O–H groups in total. The molecule has 0 atom stereocenters. The minimum absolute atomic E-state index is 0.715. The molecule has 1 aromatic carbocycles. The fourth-order valence-corrected chi connectivity index (χ4v) is 0.984. The molecular formula is C8H8OS. The molecule has 2 heteroatoms. The number of hydrogen-bond donors (Lipinski definition) is 1. The minimum Gasteiger partial charge on any atom is -0.298 e.